The van der Waals surface area contributed by atoms with Crippen LogP contribution in [0.1, 0.15) is 22.3 Å². The molecule has 1 nitrogen and oxygen atoms in total. The van der Waals surface area contributed by atoms with Gasteiger partial charge in [-0.3, -0.25) is 0 Å². The molecule has 0 saturated carbocycles. The molecule has 0 aliphatic rings. The zero-order valence-corrected chi connectivity index (χ0v) is 12.9. The van der Waals surface area contributed by atoms with Crippen molar-refractivity contribution in [2.24, 2.45) is 0 Å². The predicted octanol–water partition coefficient (Wildman–Crippen LogP) is 4.21. The minimum Gasteiger partial charge on any atom is -0.392 e. The number of halogens is 1. The lowest BCUT2D eigenvalue weighted by atomic mass is 9.98. The van der Waals surface area contributed by atoms with E-state index in [9.17, 15) is 5.11 Å². The normalized spacial score (nSPS) is 12.4. The van der Waals surface area contributed by atoms with Crippen LogP contribution in [0.25, 0.3) is 0 Å². The molecular formula is C17H19BrO. The van der Waals surface area contributed by atoms with Crippen LogP contribution in [0.5, 0.6) is 0 Å². The first-order valence-electron chi connectivity index (χ1n) is 6.53. The van der Waals surface area contributed by atoms with E-state index in [2.05, 4.69) is 54.0 Å². The van der Waals surface area contributed by atoms with Gasteiger partial charge in [0.25, 0.3) is 0 Å². The van der Waals surface area contributed by atoms with Crippen molar-refractivity contribution < 1.29 is 5.11 Å². The van der Waals surface area contributed by atoms with Crippen LogP contribution < -0.4 is 0 Å². The van der Waals surface area contributed by atoms with Crippen LogP contribution in [-0.4, -0.2) is 11.2 Å². The predicted molar refractivity (Wildman–Crippen MR) is 83.5 cm³/mol. The number of hydrogen-bond acceptors (Lipinski definition) is 1. The third kappa shape index (κ3) is 4.19. The van der Waals surface area contributed by atoms with Gasteiger partial charge in [0, 0.05) is 4.47 Å². The topological polar surface area (TPSA) is 20.2 Å². The van der Waals surface area contributed by atoms with Gasteiger partial charge in [0.2, 0.25) is 0 Å². The lowest BCUT2D eigenvalue weighted by Crippen LogP contribution is -2.14. The maximum atomic E-state index is 10.2. The molecule has 0 spiro atoms. The average molecular weight is 319 g/mol. The molecule has 0 saturated heterocycles. The van der Waals surface area contributed by atoms with Gasteiger partial charge < -0.3 is 5.11 Å². The number of hydrogen-bond donors (Lipinski definition) is 1. The van der Waals surface area contributed by atoms with E-state index in [4.69, 9.17) is 0 Å². The summed E-state index contributed by atoms with van der Waals surface area (Å²) in [6.07, 6.45) is 1.05. The zero-order chi connectivity index (χ0) is 13.8. The van der Waals surface area contributed by atoms with Crippen molar-refractivity contribution in [3.05, 3.63) is 69.2 Å². The highest BCUT2D eigenvalue weighted by molar-refractivity contribution is 9.10. The molecule has 1 atom stereocenters. The highest BCUT2D eigenvalue weighted by atomic mass is 79.9. The van der Waals surface area contributed by atoms with Crippen molar-refractivity contribution >= 4 is 15.9 Å². The Bertz CT molecular complexity index is 563. The summed E-state index contributed by atoms with van der Waals surface area (Å²) < 4.78 is 1.06. The molecule has 1 N–H and O–H groups in total. The number of rotatable bonds is 4. The van der Waals surface area contributed by atoms with Crippen LogP contribution >= 0.6 is 15.9 Å². The molecule has 0 fully saturated rings. The zero-order valence-electron chi connectivity index (χ0n) is 11.4. The Balaban J connectivity index is 2.01. The van der Waals surface area contributed by atoms with Gasteiger partial charge in [-0.2, -0.15) is 0 Å². The number of aliphatic hydroxyl groups excluding tert-OH is 1. The van der Waals surface area contributed by atoms with Crippen LogP contribution in [0.4, 0.5) is 0 Å². The SMILES string of the molecule is Cc1ccc(CC(O)Cc2cccc(Br)c2)cc1C. The molecule has 19 heavy (non-hydrogen) atoms. The number of aliphatic hydroxyl groups is 1. The van der Waals surface area contributed by atoms with E-state index in [-0.39, 0.29) is 6.10 Å². The van der Waals surface area contributed by atoms with Gasteiger partial charge in [0.15, 0.2) is 0 Å². The standard InChI is InChI=1S/C17H19BrO/c1-12-6-7-15(8-13(12)2)11-17(19)10-14-4-3-5-16(18)9-14/h3-9,17,19H,10-11H2,1-2H3. The van der Waals surface area contributed by atoms with Crippen molar-refractivity contribution in [1.82, 2.24) is 0 Å². The Morgan fingerprint density at radius 3 is 2.26 bits per heavy atom. The van der Waals surface area contributed by atoms with Gasteiger partial charge in [-0.25, -0.2) is 0 Å². The fourth-order valence-corrected chi connectivity index (χ4v) is 2.66. The lowest BCUT2D eigenvalue weighted by Gasteiger charge is -2.12. The fourth-order valence-electron chi connectivity index (χ4n) is 2.21. The Morgan fingerprint density at radius 2 is 1.63 bits per heavy atom. The quantitative estimate of drug-likeness (QED) is 0.895. The molecule has 100 valence electrons. The second-order valence-electron chi connectivity index (χ2n) is 5.11. The molecule has 0 aliphatic carbocycles. The molecule has 0 heterocycles. The van der Waals surface area contributed by atoms with E-state index < -0.39 is 0 Å². The second-order valence-corrected chi connectivity index (χ2v) is 6.03. The first-order valence-corrected chi connectivity index (χ1v) is 7.32. The minimum atomic E-state index is -0.337. The Kier molecular flexibility index (Phi) is 4.78. The Morgan fingerprint density at radius 1 is 0.947 bits per heavy atom. The van der Waals surface area contributed by atoms with Gasteiger partial charge in [-0.1, -0.05) is 46.3 Å². The van der Waals surface area contributed by atoms with Crippen molar-refractivity contribution in [1.29, 1.82) is 0 Å². The van der Waals surface area contributed by atoms with Crippen LogP contribution in [0.15, 0.2) is 46.9 Å². The Labute approximate surface area is 123 Å². The summed E-state index contributed by atoms with van der Waals surface area (Å²) in [7, 11) is 0. The smallest absolute Gasteiger partial charge is 0.0620 e. The minimum absolute atomic E-state index is 0.337. The van der Waals surface area contributed by atoms with Crippen LogP contribution in [0.2, 0.25) is 0 Å². The van der Waals surface area contributed by atoms with Gasteiger partial charge in [0.1, 0.15) is 0 Å². The first-order chi connectivity index (χ1) is 9.04. The van der Waals surface area contributed by atoms with E-state index >= 15 is 0 Å². The van der Waals surface area contributed by atoms with E-state index in [0.717, 1.165) is 10.0 Å². The van der Waals surface area contributed by atoms with Crippen molar-refractivity contribution in [3.8, 4) is 0 Å². The fraction of sp³-hybridized carbons (Fsp3) is 0.294. The second kappa shape index (κ2) is 6.36. The molecule has 1 unspecified atom stereocenters. The van der Waals surface area contributed by atoms with Crippen LogP contribution in [0.3, 0.4) is 0 Å². The van der Waals surface area contributed by atoms with Gasteiger partial charge in [0.05, 0.1) is 6.10 Å². The molecule has 0 radical (unpaired) electrons. The molecular weight excluding hydrogens is 300 g/mol. The van der Waals surface area contributed by atoms with Gasteiger partial charge in [-0.15, -0.1) is 0 Å². The molecule has 2 rings (SSSR count). The van der Waals surface area contributed by atoms with Gasteiger partial charge in [-0.05, 0) is 61.1 Å². The third-order valence-electron chi connectivity index (χ3n) is 3.40. The van der Waals surface area contributed by atoms with Crippen molar-refractivity contribution in [2.45, 2.75) is 32.8 Å². The summed E-state index contributed by atoms with van der Waals surface area (Å²) in [4.78, 5) is 0. The lowest BCUT2D eigenvalue weighted by molar-refractivity contribution is 0.175. The number of aryl methyl sites for hydroxylation is 2. The van der Waals surface area contributed by atoms with Crippen molar-refractivity contribution in [3.63, 3.8) is 0 Å². The average Bonchev–Trinajstić information content (AvgIpc) is 2.34. The van der Waals surface area contributed by atoms with E-state index in [0.29, 0.717) is 12.8 Å². The molecule has 0 bridgehead atoms. The summed E-state index contributed by atoms with van der Waals surface area (Å²) >= 11 is 3.45. The van der Waals surface area contributed by atoms with Gasteiger partial charge >= 0.3 is 0 Å². The molecule has 2 aromatic carbocycles. The highest BCUT2D eigenvalue weighted by Crippen LogP contribution is 2.16. The monoisotopic (exact) mass is 318 g/mol. The largest absolute Gasteiger partial charge is 0.392 e. The highest BCUT2D eigenvalue weighted by Gasteiger charge is 2.08. The molecule has 0 amide bonds. The Hall–Kier alpha value is -1.12. The molecule has 2 heteroatoms. The number of benzene rings is 2. The first kappa shape index (κ1) is 14.3. The third-order valence-corrected chi connectivity index (χ3v) is 3.90. The molecule has 0 aromatic heterocycles. The summed E-state index contributed by atoms with van der Waals surface area (Å²) in [5, 5.41) is 10.2. The van der Waals surface area contributed by atoms with E-state index in [1.807, 2.05) is 18.2 Å². The molecule has 0 aliphatic heterocycles. The summed E-state index contributed by atoms with van der Waals surface area (Å²) in [5.74, 6) is 0. The van der Waals surface area contributed by atoms with E-state index in [1.165, 1.54) is 16.7 Å². The maximum absolute atomic E-state index is 10.2. The molecule has 2 aromatic rings. The summed E-state index contributed by atoms with van der Waals surface area (Å²) in [6, 6.07) is 14.5. The maximum Gasteiger partial charge on any atom is 0.0620 e. The van der Waals surface area contributed by atoms with Crippen molar-refractivity contribution in [2.75, 3.05) is 0 Å². The van der Waals surface area contributed by atoms with Crippen LogP contribution in [0, 0.1) is 13.8 Å². The summed E-state index contributed by atoms with van der Waals surface area (Å²) in [6.45, 7) is 4.22. The summed E-state index contributed by atoms with van der Waals surface area (Å²) in [5.41, 5.74) is 4.94. The van der Waals surface area contributed by atoms with E-state index in [1.54, 1.807) is 0 Å². The van der Waals surface area contributed by atoms with Crippen LogP contribution in [-0.2, 0) is 12.8 Å².